The summed E-state index contributed by atoms with van der Waals surface area (Å²) < 4.78 is 0. The monoisotopic (exact) mass is 318 g/mol. The summed E-state index contributed by atoms with van der Waals surface area (Å²) in [6.07, 6.45) is 3.81. The first-order valence-electron chi connectivity index (χ1n) is 6.51. The topological polar surface area (TPSA) is 20.2 Å². The number of benzene rings is 2. The summed E-state index contributed by atoms with van der Waals surface area (Å²) in [6, 6.07) is 20.7. The Hall–Kier alpha value is -1.58. The van der Waals surface area contributed by atoms with Gasteiger partial charge in [-0.3, -0.25) is 0 Å². The Morgan fingerprint density at radius 3 is 1.29 bits per heavy atom. The van der Waals surface area contributed by atoms with Crippen molar-refractivity contribution in [3.8, 4) is 5.75 Å². The Kier molecular flexibility index (Phi) is 15.2. The number of hydrogen-bond donors (Lipinski definition) is 1. The SMILES string of the molecule is C=CCSSCC=C.Oc1ccccc1.c1ccccc1. The Labute approximate surface area is 136 Å². The predicted molar refractivity (Wildman–Crippen MR) is 99.9 cm³/mol. The fourth-order valence-corrected chi connectivity index (χ4v) is 2.54. The maximum absolute atomic E-state index is 8.63. The highest BCUT2D eigenvalue weighted by atomic mass is 33.1. The van der Waals surface area contributed by atoms with Crippen molar-refractivity contribution in [2.45, 2.75) is 0 Å². The third-order valence-corrected chi connectivity index (χ3v) is 4.10. The minimum absolute atomic E-state index is 0.322. The van der Waals surface area contributed by atoms with Crippen molar-refractivity contribution < 1.29 is 5.11 Å². The molecule has 1 nitrogen and oxygen atoms in total. The highest BCUT2D eigenvalue weighted by Gasteiger charge is 1.79. The smallest absolute Gasteiger partial charge is 0.115 e. The van der Waals surface area contributed by atoms with E-state index in [1.165, 1.54) is 0 Å². The van der Waals surface area contributed by atoms with Crippen LogP contribution in [0.3, 0.4) is 0 Å². The average molecular weight is 319 g/mol. The summed E-state index contributed by atoms with van der Waals surface area (Å²) in [6.45, 7) is 7.20. The van der Waals surface area contributed by atoms with Crippen LogP contribution in [0.5, 0.6) is 5.75 Å². The van der Waals surface area contributed by atoms with Gasteiger partial charge in [0.15, 0.2) is 0 Å². The first kappa shape index (κ1) is 19.4. The van der Waals surface area contributed by atoms with Gasteiger partial charge in [0.05, 0.1) is 0 Å². The molecule has 0 aliphatic carbocycles. The molecule has 21 heavy (non-hydrogen) atoms. The summed E-state index contributed by atoms with van der Waals surface area (Å²) in [5, 5.41) is 8.63. The minimum atomic E-state index is 0.322. The van der Waals surface area contributed by atoms with Gasteiger partial charge in [0, 0.05) is 11.5 Å². The molecule has 0 fully saturated rings. The molecule has 112 valence electrons. The van der Waals surface area contributed by atoms with Gasteiger partial charge in [0.25, 0.3) is 0 Å². The van der Waals surface area contributed by atoms with E-state index in [4.69, 9.17) is 5.11 Å². The summed E-state index contributed by atoms with van der Waals surface area (Å²) in [5.41, 5.74) is 0. The number of phenolic OH excluding ortho intramolecular Hbond substituents is 1. The number of aromatic hydroxyl groups is 1. The lowest BCUT2D eigenvalue weighted by molar-refractivity contribution is 0.475. The summed E-state index contributed by atoms with van der Waals surface area (Å²) in [5.74, 6) is 2.37. The molecule has 2 aromatic rings. The molecule has 3 heteroatoms. The zero-order valence-corrected chi connectivity index (χ0v) is 13.7. The number of para-hydroxylation sites is 1. The van der Waals surface area contributed by atoms with Crippen molar-refractivity contribution >= 4 is 21.6 Å². The quantitative estimate of drug-likeness (QED) is 0.426. The van der Waals surface area contributed by atoms with E-state index in [-0.39, 0.29) is 0 Å². The molecule has 2 rings (SSSR count). The van der Waals surface area contributed by atoms with Crippen molar-refractivity contribution in [2.24, 2.45) is 0 Å². The Bertz CT molecular complexity index is 407. The molecule has 1 N–H and O–H groups in total. The lowest BCUT2D eigenvalue weighted by atomic mass is 10.3. The van der Waals surface area contributed by atoms with Crippen LogP contribution in [0.25, 0.3) is 0 Å². The van der Waals surface area contributed by atoms with Crippen LogP contribution in [0.1, 0.15) is 0 Å². The van der Waals surface area contributed by atoms with Crippen LogP contribution in [0.4, 0.5) is 0 Å². The second kappa shape index (κ2) is 16.5. The lowest BCUT2D eigenvalue weighted by Gasteiger charge is -1.89. The zero-order valence-electron chi connectivity index (χ0n) is 12.1. The highest BCUT2D eigenvalue weighted by Crippen LogP contribution is 2.20. The maximum Gasteiger partial charge on any atom is 0.115 e. The van der Waals surface area contributed by atoms with Crippen LogP contribution in [0.15, 0.2) is 92.0 Å². The fraction of sp³-hybridized carbons (Fsp3) is 0.111. The summed E-state index contributed by atoms with van der Waals surface area (Å²) >= 11 is 0. The van der Waals surface area contributed by atoms with Crippen molar-refractivity contribution in [1.29, 1.82) is 0 Å². The van der Waals surface area contributed by atoms with Gasteiger partial charge in [0.2, 0.25) is 0 Å². The van der Waals surface area contributed by atoms with E-state index in [0.29, 0.717) is 5.75 Å². The van der Waals surface area contributed by atoms with Gasteiger partial charge >= 0.3 is 0 Å². The molecule has 0 radical (unpaired) electrons. The van der Waals surface area contributed by atoms with Crippen LogP contribution in [-0.2, 0) is 0 Å². The van der Waals surface area contributed by atoms with Gasteiger partial charge in [-0.15, -0.1) is 13.2 Å². The average Bonchev–Trinajstić information content (AvgIpc) is 2.55. The summed E-state index contributed by atoms with van der Waals surface area (Å²) in [7, 11) is 3.61. The van der Waals surface area contributed by atoms with Gasteiger partial charge in [-0.05, 0) is 12.1 Å². The van der Waals surface area contributed by atoms with Crippen molar-refractivity contribution in [3.05, 3.63) is 92.0 Å². The first-order valence-corrected chi connectivity index (χ1v) is 9.00. The van der Waals surface area contributed by atoms with Crippen LogP contribution in [0.2, 0.25) is 0 Å². The number of hydrogen-bond acceptors (Lipinski definition) is 3. The molecule has 0 aromatic heterocycles. The van der Waals surface area contributed by atoms with E-state index in [9.17, 15) is 0 Å². The van der Waals surface area contributed by atoms with Crippen molar-refractivity contribution in [3.63, 3.8) is 0 Å². The van der Waals surface area contributed by atoms with E-state index in [1.807, 2.05) is 54.6 Å². The molecule has 0 aliphatic heterocycles. The molecular formula is C18H22OS2. The molecular weight excluding hydrogens is 296 g/mol. The predicted octanol–water partition coefficient (Wildman–Crippen LogP) is 5.82. The van der Waals surface area contributed by atoms with Gasteiger partial charge in [-0.1, -0.05) is 88.3 Å². The fourth-order valence-electron chi connectivity index (χ4n) is 1.01. The van der Waals surface area contributed by atoms with Crippen LogP contribution >= 0.6 is 21.6 Å². The van der Waals surface area contributed by atoms with Gasteiger partial charge < -0.3 is 5.11 Å². The molecule has 0 heterocycles. The third kappa shape index (κ3) is 16.4. The van der Waals surface area contributed by atoms with E-state index in [2.05, 4.69) is 13.2 Å². The number of phenols is 1. The maximum atomic E-state index is 8.63. The van der Waals surface area contributed by atoms with E-state index < -0.39 is 0 Å². The molecule has 0 saturated heterocycles. The molecule has 0 amide bonds. The van der Waals surface area contributed by atoms with Crippen molar-refractivity contribution in [2.75, 3.05) is 11.5 Å². The molecule has 0 aliphatic rings. The van der Waals surface area contributed by atoms with Gasteiger partial charge in [0.1, 0.15) is 5.75 Å². The molecule has 0 atom stereocenters. The second-order valence-corrected chi connectivity index (χ2v) is 6.19. The molecule has 2 aromatic carbocycles. The van der Waals surface area contributed by atoms with E-state index in [0.717, 1.165) is 11.5 Å². The standard InChI is InChI=1S/C6H6O.C6H10S2.C6H6/c7-6-4-2-1-3-5-6;1-3-5-7-8-6-4-2;1-2-4-6-5-3-1/h1-5,7H;3-4H,1-2,5-6H2;1-6H. The second-order valence-electron chi connectivity index (χ2n) is 3.64. The molecule has 0 bridgehead atoms. The normalized spacial score (nSPS) is 8.38. The van der Waals surface area contributed by atoms with Crippen molar-refractivity contribution in [1.82, 2.24) is 0 Å². The molecule has 0 saturated carbocycles. The van der Waals surface area contributed by atoms with E-state index in [1.54, 1.807) is 45.9 Å². The number of rotatable bonds is 5. The highest BCUT2D eigenvalue weighted by molar-refractivity contribution is 8.76. The third-order valence-electron chi connectivity index (χ3n) is 1.88. The summed E-state index contributed by atoms with van der Waals surface area (Å²) in [4.78, 5) is 0. The first-order chi connectivity index (χ1) is 10.3. The van der Waals surface area contributed by atoms with Crippen LogP contribution < -0.4 is 0 Å². The minimum Gasteiger partial charge on any atom is -0.508 e. The lowest BCUT2D eigenvalue weighted by Crippen LogP contribution is -1.64. The van der Waals surface area contributed by atoms with Gasteiger partial charge in [-0.25, -0.2) is 0 Å². The Morgan fingerprint density at radius 2 is 1.05 bits per heavy atom. The largest absolute Gasteiger partial charge is 0.508 e. The molecule has 0 unspecified atom stereocenters. The molecule has 0 spiro atoms. The van der Waals surface area contributed by atoms with Gasteiger partial charge in [-0.2, -0.15) is 0 Å². The Morgan fingerprint density at radius 1 is 0.714 bits per heavy atom. The van der Waals surface area contributed by atoms with E-state index >= 15 is 0 Å². The van der Waals surface area contributed by atoms with Crippen LogP contribution in [-0.4, -0.2) is 16.6 Å². The Balaban J connectivity index is 0.000000288. The zero-order chi connectivity index (χ0) is 15.6. The van der Waals surface area contributed by atoms with Crippen LogP contribution in [0, 0.1) is 0 Å².